The quantitative estimate of drug-likeness (QED) is 0.222. The van der Waals surface area contributed by atoms with Crippen molar-refractivity contribution in [2.24, 2.45) is 0 Å². The molecule has 0 atom stereocenters. The van der Waals surface area contributed by atoms with Crippen molar-refractivity contribution in [1.29, 1.82) is 0 Å². The number of rotatable bonds is 5. The van der Waals surface area contributed by atoms with Gasteiger partial charge in [0.1, 0.15) is 12.4 Å². The van der Waals surface area contributed by atoms with Gasteiger partial charge in [0.25, 0.3) is 5.91 Å². The number of benzene rings is 3. The van der Waals surface area contributed by atoms with E-state index in [1.54, 1.807) is 4.90 Å². The van der Waals surface area contributed by atoms with Crippen LogP contribution in [0.25, 0.3) is 6.08 Å². The van der Waals surface area contributed by atoms with E-state index in [1.807, 2.05) is 72.8 Å². The van der Waals surface area contributed by atoms with Crippen LogP contribution in [0, 0.1) is 0 Å². The molecule has 0 N–H and O–H groups in total. The Bertz CT molecular complexity index is 1220. The van der Waals surface area contributed by atoms with Crippen LogP contribution in [0.2, 0.25) is 5.02 Å². The second-order valence-electron chi connectivity index (χ2n) is 6.56. The van der Waals surface area contributed by atoms with Gasteiger partial charge in [-0.3, -0.25) is 9.69 Å². The SMILES string of the molecule is O=C1/C(=C\c2cc(Br)ccc2OCc2ccccc2Cl)SC(=S)N1c1cccc(Br)c1. The molecule has 3 aromatic carbocycles. The third-order valence-electron chi connectivity index (χ3n) is 4.46. The van der Waals surface area contributed by atoms with Gasteiger partial charge in [-0.2, -0.15) is 0 Å². The Morgan fingerprint density at radius 2 is 1.81 bits per heavy atom. The molecule has 31 heavy (non-hydrogen) atoms. The number of amides is 1. The molecule has 0 spiro atoms. The van der Waals surface area contributed by atoms with Gasteiger partial charge >= 0.3 is 0 Å². The summed E-state index contributed by atoms with van der Waals surface area (Å²) in [7, 11) is 0. The maximum absolute atomic E-state index is 13.1. The Kier molecular flexibility index (Phi) is 7.19. The predicted molar refractivity (Wildman–Crippen MR) is 140 cm³/mol. The van der Waals surface area contributed by atoms with Crippen LogP contribution in [-0.4, -0.2) is 10.2 Å². The molecule has 1 fully saturated rings. The minimum absolute atomic E-state index is 0.162. The number of thiocarbonyl (C=S) groups is 1. The fourth-order valence-electron chi connectivity index (χ4n) is 2.98. The monoisotopic (exact) mass is 593 g/mol. The van der Waals surface area contributed by atoms with Crippen LogP contribution in [0.1, 0.15) is 11.1 Å². The van der Waals surface area contributed by atoms with Gasteiger partial charge in [-0.15, -0.1) is 0 Å². The van der Waals surface area contributed by atoms with E-state index in [0.717, 1.165) is 25.8 Å². The summed E-state index contributed by atoms with van der Waals surface area (Å²) in [4.78, 5) is 15.2. The molecule has 3 aromatic rings. The number of halogens is 3. The molecule has 0 bridgehead atoms. The van der Waals surface area contributed by atoms with E-state index in [-0.39, 0.29) is 5.91 Å². The summed E-state index contributed by atoms with van der Waals surface area (Å²) in [5, 5.41) is 0.649. The molecule has 8 heteroatoms. The number of hydrogen-bond donors (Lipinski definition) is 0. The molecule has 1 aliphatic heterocycles. The summed E-state index contributed by atoms with van der Waals surface area (Å²) < 4.78 is 8.29. The van der Waals surface area contributed by atoms with Crippen LogP contribution in [0.5, 0.6) is 5.75 Å². The predicted octanol–water partition coefficient (Wildman–Crippen LogP) is 7.85. The van der Waals surface area contributed by atoms with Crippen LogP contribution in [-0.2, 0) is 11.4 Å². The maximum Gasteiger partial charge on any atom is 0.270 e. The van der Waals surface area contributed by atoms with Crippen LogP contribution >= 0.6 is 67.4 Å². The first kappa shape index (κ1) is 22.6. The summed E-state index contributed by atoms with van der Waals surface area (Å²) in [6, 6.07) is 20.7. The maximum atomic E-state index is 13.1. The highest BCUT2D eigenvalue weighted by molar-refractivity contribution is 9.10. The average molecular weight is 596 g/mol. The standard InChI is InChI=1S/C23H14Br2ClNO2S2/c24-16-5-3-6-18(12-16)27-22(28)21(31-23(27)30)11-15-10-17(25)8-9-20(15)29-13-14-4-1-2-7-19(14)26/h1-12H,13H2/b21-11+. The molecule has 0 aliphatic carbocycles. The zero-order valence-electron chi connectivity index (χ0n) is 15.8. The van der Waals surface area contributed by atoms with Crippen molar-refractivity contribution in [2.45, 2.75) is 6.61 Å². The molecule has 0 saturated carbocycles. The Balaban J connectivity index is 1.62. The zero-order valence-corrected chi connectivity index (χ0v) is 21.4. The van der Waals surface area contributed by atoms with Crippen LogP contribution in [0.15, 0.2) is 80.6 Å². The Morgan fingerprint density at radius 1 is 1.03 bits per heavy atom. The number of carbonyl (C=O) groups excluding carboxylic acids is 1. The molecule has 1 saturated heterocycles. The number of carbonyl (C=O) groups is 1. The zero-order chi connectivity index (χ0) is 22.0. The molecule has 1 amide bonds. The van der Waals surface area contributed by atoms with Gasteiger partial charge in [0.2, 0.25) is 0 Å². The van der Waals surface area contributed by atoms with Crippen molar-refractivity contribution in [1.82, 2.24) is 0 Å². The lowest BCUT2D eigenvalue weighted by Crippen LogP contribution is -2.27. The smallest absolute Gasteiger partial charge is 0.270 e. The lowest BCUT2D eigenvalue weighted by atomic mass is 10.1. The van der Waals surface area contributed by atoms with Gasteiger partial charge in [-0.1, -0.05) is 91.7 Å². The minimum atomic E-state index is -0.162. The van der Waals surface area contributed by atoms with Gasteiger partial charge in [0.05, 0.1) is 10.6 Å². The molecule has 1 aliphatic rings. The van der Waals surface area contributed by atoms with E-state index in [4.69, 9.17) is 28.6 Å². The van der Waals surface area contributed by atoms with Gasteiger partial charge in [0.15, 0.2) is 4.32 Å². The highest BCUT2D eigenvalue weighted by Crippen LogP contribution is 2.38. The van der Waals surface area contributed by atoms with Crippen LogP contribution in [0.3, 0.4) is 0 Å². The van der Waals surface area contributed by atoms with Crippen molar-refractivity contribution in [3.63, 3.8) is 0 Å². The van der Waals surface area contributed by atoms with Crippen molar-refractivity contribution in [3.8, 4) is 5.75 Å². The van der Waals surface area contributed by atoms with Gasteiger partial charge in [-0.25, -0.2) is 0 Å². The first-order chi connectivity index (χ1) is 14.9. The fraction of sp³-hybridized carbons (Fsp3) is 0.0435. The Hall–Kier alpha value is -1.64. The average Bonchev–Trinajstić information content (AvgIpc) is 3.01. The molecule has 0 radical (unpaired) electrons. The second-order valence-corrected chi connectivity index (χ2v) is 10.5. The molecule has 1 heterocycles. The molecule has 3 nitrogen and oxygen atoms in total. The first-order valence-corrected chi connectivity index (χ1v) is 12.3. The summed E-state index contributed by atoms with van der Waals surface area (Å²) >= 11 is 19.9. The van der Waals surface area contributed by atoms with Gasteiger partial charge in [-0.05, 0) is 48.5 Å². The van der Waals surface area contributed by atoms with E-state index in [2.05, 4.69) is 31.9 Å². The summed E-state index contributed by atoms with van der Waals surface area (Å²) in [6.07, 6.45) is 1.81. The number of ether oxygens (including phenoxy) is 1. The Morgan fingerprint density at radius 3 is 2.58 bits per heavy atom. The van der Waals surface area contributed by atoms with E-state index < -0.39 is 0 Å². The third kappa shape index (κ3) is 5.23. The van der Waals surface area contributed by atoms with E-state index >= 15 is 0 Å². The van der Waals surface area contributed by atoms with Crippen molar-refractivity contribution in [2.75, 3.05) is 4.90 Å². The number of hydrogen-bond acceptors (Lipinski definition) is 4. The fourth-order valence-corrected chi connectivity index (χ4v) is 5.23. The Labute approximate surface area is 211 Å². The van der Waals surface area contributed by atoms with Crippen molar-refractivity contribution >= 4 is 89.4 Å². The molecule has 0 unspecified atom stereocenters. The summed E-state index contributed by atoms with van der Waals surface area (Å²) in [5.74, 6) is 0.487. The van der Waals surface area contributed by atoms with Crippen molar-refractivity contribution < 1.29 is 9.53 Å². The summed E-state index contributed by atoms with van der Waals surface area (Å²) in [6.45, 7) is 0.321. The topological polar surface area (TPSA) is 29.5 Å². The van der Waals surface area contributed by atoms with Crippen LogP contribution in [0.4, 0.5) is 5.69 Å². The normalized spacial score (nSPS) is 15.1. The van der Waals surface area contributed by atoms with Crippen molar-refractivity contribution in [3.05, 3.63) is 96.7 Å². The van der Waals surface area contributed by atoms with Gasteiger partial charge < -0.3 is 4.74 Å². The minimum Gasteiger partial charge on any atom is -0.488 e. The van der Waals surface area contributed by atoms with Gasteiger partial charge in [0, 0.05) is 25.1 Å². The molecule has 156 valence electrons. The second kappa shape index (κ2) is 9.88. The number of anilines is 1. The number of nitrogens with zero attached hydrogens (tertiary/aromatic N) is 1. The van der Waals surface area contributed by atoms with E-state index in [9.17, 15) is 4.79 Å². The lowest BCUT2D eigenvalue weighted by Gasteiger charge is -2.14. The first-order valence-electron chi connectivity index (χ1n) is 9.11. The third-order valence-corrected chi connectivity index (χ3v) is 7.12. The highest BCUT2D eigenvalue weighted by atomic mass is 79.9. The van der Waals surface area contributed by atoms with Crippen LogP contribution < -0.4 is 9.64 Å². The lowest BCUT2D eigenvalue weighted by molar-refractivity contribution is -0.113. The molecular formula is C23H14Br2ClNO2S2. The summed E-state index contributed by atoms with van der Waals surface area (Å²) in [5.41, 5.74) is 2.39. The molecule has 0 aromatic heterocycles. The molecular weight excluding hydrogens is 582 g/mol. The number of thioether (sulfide) groups is 1. The van der Waals surface area contributed by atoms with E-state index in [0.29, 0.717) is 26.6 Å². The molecule has 4 rings (SSSR count). The largest absolute Gasteiger partial charge is 0.488 e. The highest BCUT2D eigenvalue weighted by Gasteiger charge is 2.33. The van der Waals surface area contributed by atoms with E-state index in [1.165, 1.54) is 11.8 Å².